The molecule has 0 saturated heterocycles. The van der Waals surface area contributed by atoms with Gasteiger partial charge >= 0.3 is 0 Å². The van der Waals surface area contributed by atoms with Gasteiger partial charge in [-0.05, 0) is 59.5 Å². The zero-order chi connectivity index (χ0) is 22.1. The Hall–Kier alpha value is -2.77. The van der Waals surface area contributed by atoms with Gasteiger partial charge < -0.3 is 25.4 Å². The topological polar surface area (TPSA) is 82.0 Å². The van der Waals surface area contributed by atoms with E-state index >= 15 is 0 Å². The van der Waals surface area contributed by atoms with Gasteiger partial charge in [-0.3, -0.25) is 0 Å². The Morgan fingerprint density at radius 3 is 2.42 bits per heavy atom. The van der Waals surface area contributed by atoms with Crippen LogP contribution < -0.4 is 5.32 Å². The number of aliphatic hydroxyl groups excluding tert-OH is 2. The zero-order valence-electron chi connectivity index (χ0n) is 17.3. The van der Waals surface area contributed by atoms with Crippen LogP contribution in [0.25, 0.3) is 0 Å². The molecule has 0 aromatic heterocycles. The van der Waals surface area contributed by atoms with Crippen LogP contribution in [0.5, 0.6) is 5.75 Å². The molecule has 3 aromatic carbocycles. The van der Waals surface area contributed by atoms with E-state index in [4.69, 9.17) is 4.74 Å². The first kappa shape index (κ1) is 22.9. The van der Waals surface area contributed by atoms with Gasteiger partial charge in [0.2, 0.25) is 0 Å². The highest BCUT2D eigenvalue weighted by molar-refractivity contribution is 5.36. The summed E-state index contributed by atoms with van der Waals surface area (Å²) in [7, 11) is 0. The predicted octanol–water partition coefficient (Wildman–Crippen LogP) is 3.61. The molecule has 0 bridgehead atoms. The predicted molar refractivity (Wildman–Crippen MR) is 117 cm³/mol. The minimum atomic E-state index is -0.725. The standard InChI is InChI=1S/C25H28FNO4/c26-23-7-4-19(5-8-23)16-31-17-20-3-1-2-18(12-20)10-11-27-14-25(30)21-6-9-24(29)22(13-21)15-28/h1-9,12-13,25,27-30H,10-11,14-17H2. The summed E-state index contributed by atoms with van der Waals surface area (Å²) in [6, 6.07) is 19.2. The van der Waals surface area contributed by atoms with Crippen LogP contribution in [-0.2, 0) is 31.0 Å². The fourth-order valence-corrected chi connectivity index (χ4v) is 3.27. The van der Waals surface area contributed by atoms with E-state index in [2.05, 4.69) is 17.4 Å². The quantitative estimate of drug-likeness (QED) is 0.353. The number of aliphatic hydroxyl groups is 2. The van der Waals surface area contributed by atoms with Crippen LogP contribution in [0.2, 0.25) is 0 Å². The summed E-state index contributed by atoms with van der Waals surface area (Å²) in [6.07, 6.45) is 0.0767. The normalized spacial score (nSPS) is 12.1. The van der Waals surface area contributed by atoms with Crippen molar-refractivity contribution in [2.45, 2.75) is 32.3 Å². The second-order valence-electron chi connectivity index (χ2n) is 7.46. The summed E-state index contributed by atoms with van der Waals surface area (Å²) in [5.74, 6) is -0.233. The Kier molecular flexibility index (Phi) is 8.55. The molecular weight excluding hydrogens is 397 g/mol. The van der Waals surface area contributed by atoms with Crippen molar-refractivity contribution in [2.75, 3.05) is 13.1 Å². The number of nitrogens with one attached hydrogen (secondary N) is 1. The lowest BCUT2D eigenvalue weighted by Crippen LogP contribution is -2.23. The summed E-state index contributed by atoms with van der Waals surface area (Å²) >= 11 is 0. The number of halogens is 1. The minimum absolute atomic E-state index is 0.0212. The van der Waals surface area contributed by atoms with E-state index < -0.39 is 6.10 Å². The highest BCUT2D eigenvalue weighted by Gasteiger charge is 2.10. The number of aromatic hydroxyl groups is 1. The molecule has 0 heterocycles. The molecule has 5 nitrogen and oxygen atoms in total. The Bertz CT molecular complexity index is 962. The van der Waals surface area contributed by atoms with Crippen LogP contribution in [0.4, 0.5) is 4.39 Å². The number of hydrogen-bond acceptors (Lipinski definition) is 5. The maximum Gasteiger partial charge on any atom is 0.123 e. The Morgan fingerprint density at radius 1 is 0.903 bits per heavy atom. The number of hydrogen-bond donors (Lipinski definition) is 4. The third-order valence-corrected chi connectivity index (χ3v) is 5.03. The number of rotatable bonds is 11. The van der Waals surface area contributed by atoms with Gasteiger partial charge in [0, 0.05) is 12.1 Å². The van der Waals surface area contributed by atoms with Gasteiger partial charge in [0.25, 0.3) is 0 Å². The van der Waals surface area contributed by atoms with Crippen molar-refractivity contribution in [3.63, 3.8) is 0 Å². The molecule has 3 rings (SSSR count). The van der Waals surface area contributed by atoms with E-state index in [1.54, 1.807) is 24.3 Å². The summed E-state index contributed by atoms with van der Waals surface area (Å²) in [5.41, 5.74) is 4.21. The maximum atomic E-state index is 12.9. The molecule has 164 valence electrons. The fourth-order valence-electron chi connectivity index (χ4n) is 3.27. The molecule has 1 atom stereocenters. The summed E-state index contributed by atoms with van der Waals surface area (Å²) in [6.45, 7) is 1.70. The van der Waals surface area contributed by atoms with Crippen molar-refractivity contribution in [1.29, 1.82) is 0 Å². The van der Waals surface area contributed by atoms with Crippen molar-refractivity contribution in [3.8, 4) is 5.75 Å². The van der Waals surface area contributed by atoms with Crippen molar-refractivity contribution in [3.05, 3.63) is 100 Å². The number of ether oxygens (including phenoxy) is 1. The van der Waals surface area contributed by atoms with Crippen LogP contribution in [-0.4, -0.2) is 28.4 Å². The van der Waals surface area contributed by atoms with Crippen LogP contribution in [0.3, 0.4) is 0 Å². The van der Waals surface area contributed by atoms with E-state index in [9.17, 15) is 19.7 Å². The lowest BCUT2D eigenvalue weighted by atomic mass is 10.0. The van der Waals surface area contributed by atoms with Gasteiger partial charge in [0.05, 0.1) is 25.9 Å². The lowest BCUT2D eigenvalue weighted by Gasteiger charge is -2.14. The van der Waals surface area contributed by atoms with Gasteiger partial charge in [-0.15, -0.1) is 0 Å². The molecule has 0 aliphatic carbocycles. The number of phenols is 1. The average molecular weight is 426 g/mol. The molecule has 0 aliphatic rings. The Morgan fingerprint density at radius 2 is 1.65 bits per heavy atom. The highest BCUT2D eigenvalue weighted by atomic mass is 19.1. The molecule has 4 N–H and O–H groups in total. The van der Waals surface area contributed by atoms with Crippen molar-refractivity contribution >= 4 is 0 Å². The van der Waals surface area contributed by atoms with Gasteiger partial charge in [-0.25, -0.2) is 4.39 Å². The van der Waals surface area contributed by atoms with Crippen molar-refractivity contribution in [2.24, 2.45) is 0 Å². The Labute approximate surface area is 181 Å². The third kappa shape index (κ3) is 7.15. The van der Waals surface area contributed by atoms with Gasteiger partial charge in [-0.2, -0.15) is 0 Å². The molecule has 0 radical (unpaired) electrons. The van der Waals surface area contributed by atoms with Gasteiger partial charge in [0.1, 0.15) is 11.6 Å². The zero-order valence-corrected chi connectivity index (χ0v) is 17.3. The molecule has 0 amide bonds. The molecule has 0 saturated carbocycles. The van der Waals surface area contributed by atoms with E-state index in [0.717, 1.165) is 23.1 Å². The van der Waals surface area contributed by atoms with E-state index in [1.165, 1.54) is 18.2 Å². The SMILES string of the molecule is OCc1cc(C(O)CNCCc2cccc(COCc3ccc(F)cc3)c2)ccc1O. The molecular formula is C25H28FNO4. The smallest absolute Gasteiger partial charge is 0.123 e. The second-order valence-corrected chi connectivity index (χ2v) is 7.46. The average Bonchev–Trinajstić information content (AvgIpc) is 2.78. The first-order chi connectivity index (χ1) is 15.0. The van der Waals surface area contributed by atoms with Crippen LogP contribution in [0, 0.1) is 5.82 Å². The second kappa shape index (κ2) is 11.6. The van der Waals surface area contributed by atoms with E-state index in [0.29, 0.717) is 37.4 Å². The van der Waals surface area contributed by atoms with Crippen LogP contribution in [0.15, 0.2) is 66.7 Å². The molecule has 3 aromatic rings. The lowest BCUT2D eigenvalue weighted by molar-refractivity contribution is 0.107. The minimum Gasteiger partial charge on any atom is -0.508 e. The number of benzene rings is 3. The molecule has 1 unspecified atom stereocenters. The van der Waals surface area contributed by atoms with Crippen LogP contribution >= 0.6 is 0 Å². The first-order valence-corrected chi connectivity index (χ1v) is 10.3. The highest BCUT2D eigenvalue weighted by Crippen LogP contribution is 2.22. The summed E-state index contributed by atoms with van der Waals surface area (Å²) in [5, 5.41) is 32.4. The molecule has 0 fully saturated rings. The monoisotopic (exact) mass is 425 g/mol. The molecule has 6 heteroatoms. The maximum absolute atomic E-state index is 12.9. The van der Waals surface area contributed by atoms with E-state index in [1.807, 2.05) is 12.1 Å². The van der Waals surface area contributed by atoms with Crippen LogP contribution in [0.1, 0.15) is 33.9 Å². The summed E-state index contributed by atoms with van der Waals surface area (Å²) < 4.78 is 18.7. The van der Waals surface area contributed by atoms with E-state index in [-0.39, 0.29) is 18.2 Å². The van der Waals surface area contributed by atoms with Gasteiger partial charge in [-0.1, -0.05) is 42.5 Å². The van der Waals surface area contributed by atoms with Crippen molar-refractivity contribution < 1.29 is 24.4 Å². The first-order valence-electron chi connectivity index (χ1n) is 10.3. The fraction of sp³-hybridized carbons (Fsp3) is 0.280. The van der Waals surface area contributed by atoms with Crippen molar-refractivity contribution in [1.82, 2.24) is 5.32 Å². The third-order valence-electron chi connectivity index (χ3n) is 5.03. The largest absolute Gasteiger partial charge is 0.508 e. The summed E-state index contributed by atoms with van der Waals surface area (Å²) in [4.78, 5) is 0. The molecule has 31 heavy (non-hydrogen) atoms. The Balaban J connectivity index is 1.41. The van der Waals surface area contributed by atoms with Gasteiger partial charge in [0.15, 0.2) is 0 Å². The molecule has 0 spiro atoms. The molecule has 0 aliphatic heterocycles.